The first kappa shape index (κ1) is 37.5. The van der Waals surface area contributed by atoms with Crippen molar-refractivity contribution in [3.05, 3.63) is 48.6 Å². The van der Waals surface area contributed by atoms with E-state index in [1.54, 1.807) is 6.26 Å². The molecule has 0 spiro atoms. The lowest BCUT2D eigenvalue weighted by Crippen LogP contribution is -2.44. The topological polar surface area (TPSA) is 239 Å². The molecule has 0 bridgehead atoms. The molecule has 1 saturated heterocycles. The SMILES string of the molecule is CN.CN1C(=O)C=CC1=O.CS.O=C(CN1C(=O)C=CC1=O)ON1C(=O)CCC1=O.O=C1C=CC(=O)N1CN1C(=O)C=CC1=O. The summed E-state index contributed by atoms with van der Waals surface area (Å²) in [7, 11) is 2.95. The van der Waals surface area contributed by atoms with Crippen LogP contribution in [0.2, 0.25) is 0 Å². The molecule has 5 aliphatic rings. The van der Waals surface area contributed by atoms with Gasteiger partial charge >= 0.3 is 5.97 Å². The average Bonchev–Trinajstić information content (AvgIpc) is 3.80. The van der Waals surface area contributed by atoms with E-state index in [-0.39, 0.29) is 31.3 Å². The van der Waals surface area contributed by atoms with E-state index in [1.807, 2.05) is 0 Å². The highest BCUT2D eigenvalue weighted by Crippen LogP contribution is 2.13. The molecule has 0 saturated carbocycles. The second kappa shape index (κ2) is 17.5. The van der Waals surface area contributed by atoms with Crippen LogP contribution < -0.4 is 5.73 Å². The van der Waals surface area contributed by atoms with E-state index in [9.17, 15) is 52.7 Å². The smallest absolute Gasteiger partial charge is 0.333 e. The van der Waals surface area contributed by atoms with Crippen LogP contribution in [0.3, 0.4) is 0 Å². The summed E-state index contributed by atoms with van der Waals surface area (Å²) in [6.45, 7) is -0.961. The van der Waals surface area contributed by atoms with Crippen LogP contribution >= 0.6 is 12.6 Å². The first-order valence-electron chi connectivity index (χ1n) is 12.5. The summed E-state index contributed by atoms with van der Waals surface area (Å²) in [5.41, 5.74) is 4.50. The highest BCUT2D eigenvalue weighted by Gasteiger charge is 2.35. The molecule has 0 radical (unpaired) electrons. The molecule has 19 heteroatoms. The molecule has 0 aromatic heterocycles. The molecule has 5 heterocycles. The Kier molecular flexibility index (Phi) is 14.6. The molecule has 0 atom stereocenters. The number of rotatable bonds is 5. The number of likely N-dealkylation sites (N-methyl/N-ethyl adjacent to an activating group) is 1. The Balaban J connectivity index is 0.000000337. The summed E-state index contributed by atoms with van der Waals surface area (Å²) in [6, 6.07) is 0. The largest absolute Gasteiger partial charge is 0.352 e. The normalized spacial score (nSPS) is 17.8. The van der Waals surface area contributed by atoms with E-state index in [0.717, 1.165) is 51.2 Å². The summed E-state index contributed by atoms with van der Waals surface area (Å²) in [5.74, 6) is -6.11. The van der Waals surface area contributed by atoms with Crippen molar-refractivity contribution in [3.8, 4) is 0 Å². The molecule has 5 rings (SSSR count). The predicted octanol–water partition coefficient (Wildman–Crippen LogP) is -3.03. The van der Waals surface area contributed by atoms with Gasteiger partial charge in [0, 0.05) is 68.5 Å². The van der Waals surface area contributed by atoms with Crippen LogP contribution in [0, 0.1) is 0 Å². The Morgan fingerprint density at radius 1 is 0.600 bits per heavy atom. The zero-order valence-electron chi connectivity index (χ0n) is 24.1. The average molecular weight is 649 g/mol. The first-order valence-corrected chi connectivity index (χ1v) is 13.4. The number of thiol groups is 1. The van der Waals surface area contributed by atoms with Crippen molar-refractivity contribution in [1.82, 2.24) is 24.7 Å². The minimum Gasteiger partial charge on any atom is -0.333 e. The lowest BCUT2D eigenvalue weighted by Gasteiger charge is -2.20. The number of nitrogens with two attached hydrogens (primary N) is 1. The molecule has 0 unspecified atom stereocenters. The number of amides is 10. The zero-order chi connectivity index (χ0) is 34.4. The quantitative estimate of drug-likeness (QED) is 0.223. The number of hydrogen-bond acceptors (Lipinski definition) is 14. The third-order valence-electron chi connectivity index (χ3n) is 5.50. The van der Waals surface area contributed by atoms with Gasteiger partial charge in [-0.3, -0.25) is 67.5 Å². The van der Waals surface area contributed by atoms with Crippen molar-refractivity contribution in [2.45, 2.75) is 12.8 Å². The van der Waals surface area contributed by atoms with Gasteiger partial charge in [0.2, 0.25) is 0 Å². The second-order valence-electron chi connectivity index (χ2n) is 8.23. The minimum absolute atomic E-state index is 0.0186. The Morgan fingerprint density at radius 3 is 1.18 bits per heavy atom. The standard InChI is InChI=1S/C10H8N2O6.C9H6N2O4.C5H5NO2.CH5N.CH4S/c13-6-1-2-7(14)11(6)5-10(17)18-12-8(15)3-4-9(12)16;12-6-1-2-7(13)10(6)5-11-8(14)3-4-9(11)15;1-6-4(7)2-3-5(6)8;2*1-2/h1-2H,3-5H2;1-4H,5H2;2-3H,1H3;2H2,1H3;2H,1H3. The fourth-order valence-electron chi connectivity index (χ4n) is 3.26. The molecule has 0 aromatic rings. The number of hydrogen-bond donors (Lipinski definition) is 2. The third-order valence-corrected chi connectivity index (χ3v) is 5.50. The predicted molar refractivity (Wildman–Crippen MR) is 152 cm³/mol. The Labute approximate surface area is 260 Å². The van der Waals surface area contributed by atoms with Gasteiger partial charge < -0.3 is 10.6 Å². The van der Waals surface area contributed by atoms with Crippen molar-refractivity contribution in [2.75, 3.05) is 33.6 Å². The van der Waals surface area contributed by atoms with E-state index in [0.29, 0.717) is 9.96 Å². The zero-order valence-corrected chi connectivity index (χ0v) is 25.0. The third kappa shape index (κ3) is 10.0. The molecule has 0 aliphatic carbocycles. The molecular weight excluding hydrogens is 620 g/mol. The number of hydroxylamine groups is 2. The van der Waals surface area contributed by atoms with Gasteiger partial charge in [-0.15, -0.1) is 5.06 Å². The van der Waals surface area contributed by atoms with Crippen molar-refractivity contribution >= 4 is 77.7 Å². The lowest BCUT2D eigenvalue weighted by atomic mass is 10.4. The van der Waals surface area contributed by atoms with Gasteiger partial charge in [0.1, 0.15) is 13.2 Å². The Hall–Kier alpha value is -5.56. The van der Waals surface area contributed by atoms with Crippen LogP contribution in [-0.4, -0.2) is 123 Å². The van der Waals surface area contributed by atoms with Crippen LogP contribution in [-0.2, 0) is 57.6 Å². The summed E-state index contributed by atoms with van der Waals surface area (Å²) in [5, 5.41) is 0.362. The van der Waals surface area contributed by atoms with Crippen LogP contribution in [0.25, 0.3) is 0 Å². The number of carbonyl (C=O) groups is 11. The molecule has 2 N–H and O–H groups in total. The van der Waals surface area contributed by atoms with Crippen molar-refractivity contribution in [3.63, 3.8) is 0 Å². The van der Waals surface area contributed by atoms with Crippen LogP contribution in [0.1, 0.15) is 12.8 Å². The molecule has 5 aliphatic heterocycles. The van der Waals surface area contributed by atoms with Crippen LogP contribution in [0.4, 0.5) is 0 Å². The van der Waals surface area contributed by atoms with E-state index >= 15 is 0 Å². The Bertz CT molecular complexity index is 1300. The summed E-state index contributed by atoms with van der Waals surface area (Å²) in [4.78, 5) is 129. The number of carbonyl (C=O) groups excluding carboxylic acids is 11. The van der Waals surface area contributed by atoms with Gasteiger partial charge in [-0.25, -0.2) is 4.79 Å². The first-order chi connectivity index (χ1) is 21.3. The molecule has 240 valence electrons. The molecular formula is C26H28N6O12S. The van der Waals surface area contributed by atoms with E-state index in [2.05, 4.69) is 23.2 Å². The van der Waals surface area contributed by atoms with Gasteiger partial charge in [-0.1, -0.05) is 0 Å². The molecule has 0 aromatic carbocycles. The monoisotopic (exact) mass is 648 g/mol. The fourth-order valence-corrected chi connectivity index (χ4v) is 3.26. The van der Waals surface area contributed by atoms with Gasteiger partial charge in [-0.2, -0.15) is 12.6 Å². The molecule has 18 nitrogen and oxygen atoms in total. The lowest BCUT2D eigenvalue weighted by molar-refractivity contribution is -0.198. The van der Waals surface area contributed by atoms with E-state index in [1.165, 1.54) is 26.2 Å². The molecule has 10 amide bonds. The Morgan fingerprint density at radius 2 is 0.889 bits per heavy atom. The highest BCUT2D eigenvalue weighted by molar-refractivity contribution is 7.79. The van der Waals surface area contributed by atoms with Crippen molar-refractivity contribution in [1.29, 1.82) is 0 Å². The minimum atomic E-state index is -1.02. The maximum absolute atomic E-state index is 11.4. The molecule has 1 fully saturated rings. The summed E-state index contributed by atoms with van der Waals surface area (Å²) < 4.78 is 0. The maximum atomic E-state index is 11.4. The van der Waals surface area contributed by atoms with Crippen molar-refractivity contribution in [2.24, 2.45) is 5.73 Å². The number of imide groups is 5. The fraction of sp³-hybridized carbons (Fsp3) is 0.269. The maximum Gasteiger partial charge on any atom is 0.352 e. The molecule has 45 heavy (non-hydrogen) atoms. The van der Waals surface area contributed by atoms with Crippen molar-refractivity contribution < 1.29 is 57.6 Å². The number of nitrogens with zero attached hydrogens (tertiary/aromatic N) is 5. The van der Waals surface area contributed by atoms with Gasteiger partial charge in [0.25, 0.3) is 59.1 Å². The van der Waals surface area contributed by atoms with Gasteiger partial charge in [0.05, 0.1) is 0 Å². The highest BCUT2D eigenvalue weighted by atomic mass is 32.1. The van der Waals surface area contributed by atoms with Gasteiger partial charge in [-0.05, 0) is 13.3 Å². The summed E-state index contributed by atoms with van der Waals surface area (Å²) >= 11 is 3.53. The van der Waals surface area contributed by atoms with Gasteiger partial charge in [0.15, 0.2) is 0 Å². The van der Waals surface area contributed by atoms with Crippen LogP contribution in [0.15, 0.2) is 48.6 Å². The van der Waals surface area contributed by atoms with Crippen LogP contribution in [0.5, 0.6) is 0 Å². The summed E-state index contributed by atoms with van der Waals surface area (Å²) in [6.07, 6.45) is 10.6. The van der Waals surface area contributed by atoms with E-state index in [4.69, 9.17) is 0 Å². The van der Waals surface area contributed by atoms with E-state index < -0.39 is 59.8 Å². The second-order valence-corrected chi connectivity index (χ2v) is 8.23.